The van der Waals surface area contributed by atoms with Crippen LogP contribution in [0.1, 0.15) is 13.8 Å². The van der Waals surface area contributed by atoms with Gasteiger partial charge in [-0.15, -0.1) is 0 Å². The molecule has 0 saturated heterocycles. The monoisotopic (exact) mass is 317 g/mol. The third kappa shape index (κ3) is 8.44. The van der Waals surface area contributed by atoms with Crippen molar-refractivity contribution >= 4 is 46.9 Å². The predicted molar refractivity (Wildman–Crippen MR) is 70.0 cm³/mol. The molecule has 0 saturated carbocycles. The molecule has 0 radical (unpaired) electrons. The highest BCUT2D eigenvalue weighted by molar-refractivity contribution is 6.67. The molecule has 0 aromatic carbocycles. The summed E-state index contributed by atoms with van der Waals surface area (Å²) in [5, 5.41) is 2.28. The number of carbonyl (C=O) groups excluding carboxylic acids is 2. The fraction of sp³-hybridized carbons (Fsp3) is 0.600. The summed E-state index contributed by atoms with van der Waals surface area (Å²) in [5.74, 6) is -0.623. The zero-order chi connectivity index (χ0) is 14.3. The molecule has 0 fully saturated rings. The van der Waals surface area contributed by atoms with E-state index in [9.17, 15) is 9.59 Å². The summed E-state index contributed by atoms with van der Waals surface area (Å²) < 4.78 is 7.46. The first kappa shape index (κ1) is 17.4. The number of hydrogen-bond donors (Lipinski definition) is 1. The highest BCUT2D eigenvalue weighted by Crippen LogP contribution is 2.25. The van der Waals surface area contributed by atoms with Crippen LogP contribution in [0.4, 0.5) is 4.79 Å². The van der Waals surface area contributed by atoms with E-state index in [-0.39, 0.29) is 0 Å². The van der Waals surface area contributed by atoms with Gasteiger partial charge in [0.15, 0.2) is 0 Å². The Balaban J connectivity index is 4.46. The zero-order valence-corrected chi connectivity index (χ0v) is 12.4. The molecule has 1 N–H and O–H groups in total. The number of nitrogens with one attached hydrogen (secondary N) is 1. The van der Waals surface area contributed by atoms with E-state index in [1.54, 1.807) is 13.8 Å². The van der Waals surface area contributed by atoms with E-state index < -0.39 is 28.5 Å². The third-order valence-electron chi connectivity index (χ3n) is 1.60. The van der Waals surface area contributed by atoms with Crippen LogP contribution in [0.25, 0.3) is 0 Å². The van der Waals surface area contributed by atoms with E-state index in [1.807, 2.05) is 0 Å². The van der Waals surface area contributed by atoms with Gasteiger partial charge in [0.1, 0.15) is 12.6 Å². The van der Waals surface area contributed by atoms with Gasteiger partial charge in [-0.3, -0.25) is 0 Å². The largest absolute Gasteiger partial charge is 0.467 e. The summed E-state index contributed by atoms with van der Waals surface area (Å²) in [4.78, 5) is 22.7. The van der Waals surface area contributed by atoms with Gasteiger partial charge in [0.05, 0.1) is 7.11 Å². The van der Waals surface area contributed by atoms with Crippen molar-refractivity contribution in [2.75, 3.05) is 13.7 Å². The van der Waals surface area contributed by atoms with Gasteiger partial charge < -0.3 is 14.8 Å². The zero-order valence-electron chi connectivity index (χ0n) is 10.1. The van der Waals surface area contributed by atoms with E-state index in [0.29, 0.717) is 0 Å². The number of halogens is 3. The molecular formula is C10H14Cl3NO4. The first-order chi connectivity index (χ1) is 8.15. The molecule has 0 aromatic rings. The van der Waals surface area contributed by atoms with Crippen LogP contribution in [0.5, 0.6) is 0 Å². The fourth-order valence-electron chi connectivity index (χ4n) is 0.945. The second-order valence-electron chi connectivity index (χ2n) is 3.58. The Morgan fingerprint density at radius 1 is 1.33 bits per heavy atom. The Kier molecular flexibility index (Phi) is 7.43. The van der Waals surface area contributed by atoms with Crippen LogP contribution < -0.4 is 5.32 Å². The maximum atomic E-state index is 11.4. The molecule has 0 bridgehead atoms. The van der Waals surface area contributed by atoms with Crippen molar-refractivity contribution < 1.29 is 19.1 Å². The Morgan fingerprint density at radius 3 is 2.28 bits per heavy atom. The van der Waals surface area contributed by atoms with Crippen molar-refractivity contribution in [1.82, 2.24) is 5.32 Å². The number of amides is 1. The first-order valence-electron chi connectivity index (χ1n) is 4.88. The van der Waals surface area contributed by atoms with Crippen molar-refractivity contribution in [3.05, 3.63) is 11.6 Å². The molecule has 1 amide bonds. The van der Waals surface area contributed by atoms with Crippen LogP contribution in [-0.2, 0) is 14.3 Å². The maximum Gasteiger partial charge on any atom is 0.408 e. The molecule has 0 aliphatic rings. The van der Waals surface area contributed by atoms with E-state index in [4.69, 9.17) is 34.8 Å². The Bertz CT molecular complexity index is 335. The minimum absolute atomic E-state index is 0.424. The minimum atomic E-state index is -1.70. The standard InChI is InChI=1S/C10H14Cl3NO4/c1-6(2)4-7(8(15)17-3)14-9(16)18-5-10(11,12)13/h4,7H,5H2,1-3H3,(H,14,16). The summed E-state index contributed by atoms with van der Waals surface area (Å²) in [6, 6.07) is -0.942. The van der Waals surface area contributed by atoms with Crippen LogP contribution in [0.2, 0.25) is 0 Å². The number of esters is 1. The van der Waals surface area contributed by atoms with Gasteiger partial charge in [-0.25, -0.2) is 9.59 Å². The summed E-state index contributed by atoms with van der Waals surface area (Å²) in [6.45, 7) is 3.11. The third-order valence-corrected chi connectivity index (χ3v) is 1.92. The Morgan fingerprint density at radius 2 is 1.89 bits per heavy atom. The van der Waals surface area contributed by atoms with Crippen LogP contribution in [-0.4, -0.2) is 35.6 Å². The fourth-order valence-corrected chi connectivity index (χ4v) is 1.11. The molecular weight excluding hydrogens is 304 g/mol. The maximum absolute atomic E-state index is 11.4. The van der Waals surface area contributed by atoms with Crippen molar-refractivity contribution in [2.45, 2.75) is 23.7 Å². The lowest BCUT2D eigenvalue weighted by molar-refractivity contribution is -0.141. The number of allylic oxidation sites excluding steroid dienone is 1. The predicted octanol–water partition coefficient (Wildman–Crippen LogP) is 2.59. The second kappa shape index (κ2) is 7.71. The minimum Gasteiger partial charge on any atom is -0.467 e. The van der Waals surface area contributed by atoms with Crippen LogP contribution in [0.15, 0.2) is 11.6 Å². The van der Waals surface area contributed by atoms with Gasteiger partial charge >= 0.3 is 12.1 Å². The molecule has 1 unspecified atom stereocenters. The Labute approximate surface area is 120 Å². The number of ether oxygens (including phenoxy) is 2. The quantitative estimate of drug-likeness (QED) is 0.491. The SMILES string of the molecule is COC(=O)C(C=C(C)C)NC(=O)OCC(Cl)(Cl)Cl. The highest BCUT2D eigenvalue weighted by atomic mass is 35.6. The lowest BCUT2D eigenvalue weighted by atomic mass is 10.2. The average molecular weight is 319 g/mol. The van der Waals surface area contributed by atoms with Gasteiger partial charge in [0.2, 0.25) is 3.79 Å². The lowest BCUT2D eigenvalue weighted by Gasteiger charge is -2.15. The van der Waals surface area contributed by atoms with Gasteiger partial charge in [0.25, 0.3) is 0 Å². The van der Waals surface area contributed by atoms with E-state index in [2.05, 4.69) is 14.8 Å². The molecule has 5 nitrogen and oxygen atoms in total. The number of hydrogen-bond acceptors (Lipinski definition) is 4. The molecule has 0 aliphatic heterocycles. The smallest absolute Gasteiger partial charge is 0.408 e. The van der Waals surface area contributed by atoms with Crippen LogP contribution in [0, 0.1) is 0 Å². The normalized spacial score (nSPS) is 12.3. The summed E-state index contributed by atoms with van der Waals surface area (Å²) in [5.41, 5.74) is 0.826. The van der Waals surface area contributed by atoms with Crippen molar-refractivity contribution in [3.8, 4) is 0 Å². The summed E-state index contributed by atoms with van der Waals surface area (Å²) in [7, 11) is 1.21. The van der Waals surface area contributed by atoms with Gasteiger partial charge in [-0.1, -0.05) is 46.5 Å². The van der Waals surface area contributed by atoms with Crippen molar-refractivity contribution in [1.29, 1.82) is 0 Å². The molecule has 8 heteroatoms. The molecule has 0 aromatic heterocycles. The number of rotatable bonds is 4. The number of carbonyl (C=O) groups is 2. The highest BCUT2D eigenvalue weighted by Gasteiger charge is 2.24. The van der Waals surface area contributed by atoms with Crippen LogP contribution in [0.3, 0.4) is 0 Å². The molecule has 1 atom stereocenters. The van der Waals surface area contributed by atoms with E-state index >= 15 is 0 Å². The topological polar surface area (TPSA) is 64.6 Å². The number of methoxy groups -OCH3 is 1. The Hall–Kier alpha value is -0.650. The first-order valence-corrected chi connectivity index (χ1v) is 6.02. The van der Waals surface area contributed by atoms with Crippen molar-refractivity contribution in [3.63, 3.8) is 0 Å². The van der Waals surface area contributed by atoms with E-state index in [1.165, 1.54) is 13.2 Å². The van der Waals surface area contributed by atoms with Gasteiger partial charge in [-0.05, 0) is 13.8 Å². The summed E-state index contributed by atoms with van der Waals surface area (Å²) in [6.07, 6.45) is 0.636. The molecule has 0 spiro atoms. The molecule has 0 rings (SSSR count). The molecule has 0 heterocycles. The number of alkyl halides is 3. The van der Waals surface area contributed by atoms with Gasteiger partial charge in [-0.2, -0.15) is 0 Å². The van der Waals surface area contributed by atoms with Crippen LogP contribution >= 0.6 is 34.8 Å². The molecule has 18 heavy (non-hydrogen) atoms. The van der Waals surface area contributed by atoms with Gasteiger partial charge in [0, 0.05) is 0 Å². The van der Waals surface area contributed by atoms with Crippen molar-refractivity contribution in [2.24, 2.45) is 0 Å². The second-order valence-corrected chi connectivity index (χ2v) is 6.10. The molecule has 0 aliphatic carbocycles. The lowest BCUT2D eigenvalue weighted by Crippen LogP contribution is -2.41. The summed E-state index contributed by atoms with van der Waals surface area (Å²) >= 11 is 16.2. The van der Waals surface area contributed by atoms with E-state index in [0.717, 1.165) is 5.57 Å². The number of alkyl carbamates (subject to hydrolysis) is 1. The molecule has 104 valence electrons. The average Bonchev–Trinajstić information content (AvgIpc) is 2.22.